The fourth-order valence-electron chi connectivity index (χ4n) is 3.03. The number of carboxylic acid groups (broad SMARTS) is 1. The number of benzene rings is 1. The first-order chi connectivity index (χ1) is 11.8. The third-order valence-corrected chi connectivity index (χ3v) is 6.62. The van der Waals surface area contributed by atoms with Gasteiger partial charge in [0, 0.05) is 19.1 Å². The Labute approximate surface area is 153 Å². The van der Waals surface area contributed by atoms with Crippen molar-refractivity contribution in [3.8, 4) is 5.75 Å². The van der Waals surface area contributed by atoms with Crippen molar-refractivity contribution in [2.45, 2.75) is 30.2 Å². The molecule has 1 atom stereocenters. The van der Waals surface area contributed by atoms with Crippen molar-refractivity contribution in [3.63, 3.8) is 0 Å². The van der Waals surface area contributed by atoms with Crippen LogP contribution in [0.15, 0.2) is 23.1 Å². The molecule has 1 aliphatic rings. The zero-order chi connectivity index (χ0) is 18.6. The van der Waals surface area contributed by atoms with Gasteiger partial charge in [0.25, 0.3) is 0 Å². The molecule has 0 spiro atoms. The minimum absolute atomic E-state index is 0.0501. The molecule has 0 aromatic heterocycles. The summed E-state index contributed by atoms with van der Waals surface area (Å²) < 4.78 is 32.2. The maximum absolute atomic E-state index is 12.9. The number of hydrogen-bond acceptors (Lipinski definition) is 5. The number of aliphatic carboxylic acids is 1. The van der Waals surface area contributed by atoms with Crippen molar-refractivity contribution in [3.05, 3.63) is 23.2 Å². The van der Waals surface area contributed by atoms with Gasteiger partial charge in [-0.3, -0.25) is 9.69 Å². The molecule has 1 N–H and O–H groups in total. The Morgan fingerprint density at radius 1 is 1.40 bits per heavy atom. The van der Waals surface area contributed by atoms with Gasteiger partial charge in [-0.2, -0.15) is 4.31 Å². The molecule has 1 fully saturated rings. The van der Waals surface area contributed by atoms with Crippen LogP contribution in [0.25, 0.3) is 0 Å². The first kappa shape index (κ1) is 20.0. The molecule has 0 saturated carbocycles. The fraction of sp³-hybridized carbons (Fsp3) is 0.562. The van der Waals surface area contributed by atoms with Crippen molar-refractivity contribution < 1.29 is 23.1 Å². The highest BCUT2D eigenvalue weighted by atomic mass is 35.5. The number of carboxylic acids is 1. The molecule has 140 valence electrons. The van der Waals surface area contributed by atoms with Crippen molar-refractivity contribution in [2.75, 3.05) is 33.8 Å². The highest BCUT2D eigenvalue weighted by Crippen LogP contribution is 2.29. The van der Waals surface area contributed by atoms with Gasteiger partial charge in [-0.15, -0.1) is 0 Å². The molecule has 0 aliphatic carbocycles. The van der Waals surface area contributed by atoms with Crippen molar-refractivity contribution >= 4 is 27.6 Å². The third kappa shape index (κ3) is 4.84. The van der Waals surface area contributed by atoms with Gasteiger partial charge in [0.1, 0.15) is 5.75 Å². The zero-order valence-corrected chi connectivity index (χ0v) is 15.9. The van der Waals surface area contributed by atoms with E-state index >= 15 is 0 Å². The number of likely N-dealkylation sites (N-methyl/N-ethyl adjacent to an activating group) is 1. The van der Waals surface area contributed by atoms with Crippen molar-refractivity contribution in [2.24, 2.45) is 0 Å². The predicted octanol–water partition coefficient (Wildman–Crippen LogP) is 1.91. The standard InChI is InChI=1S/C16H23ClN2O5S/c1-18(11-16(20)21)12-4-3-8-19(9-7-12)25(22,23)13-5-6-15(24-2)14(17)10-13/h5-6,10,12H,3-4,7-9,11H2,1-2H3,(H,20,21). The van der Waals surface area contributed by atoms with Gasteiger partial charge in [-0.1, -0.05) is 11.6 Å². The van der Waals surface area contributed by atoms with E-state index in [2.05, 4.69) is 0 Å². The highest BCUT2D eigenvalue weighted by molar-refractivity contribution is 7.89. The number of nitrogens with zero attached hydrogens (tertiary/aromatic N) is 2. The molecule has 1 heterocycles. The van der Waals surface area contributed by atoms with Gasteiger partial charge in [-0.05, 0) is 44.5 Å². The van der Waals surface area contributed by atoms with Crippen LogP contribution in [0.4, 0.5) is 0 Å². The molecule has 9 heteroatoms. The topological polar surface area (TPSA) is 87.2 Å². The second-order valence-electron chi connectivity index (χ2n) is 6.09. The van der Waals surface area contributed by atoms with Gasteiger partial charge in [0.05, 0.1) is 23.6 Å². The van der Waals surface area contributed by atoms with E-state index in [-0.39, 0.29) is 22.5 Å². The number of carbonyl (C=O) groups is 1. The molecule has 1 unspecified atom stereocenters. The average molecular weight is 391 g/mol. The summed E-state index contributed by atoms with van der Waals surface area (Å²) in [5, 5.41) is 9.16. The molecule has 1 saturated heterocycles. The molecule has 1 aliphatic heterocycles. The number of rotatable bonds is 6. The van der Waals surface area contributed by atoms with E-state index in [0.29, 0.717) is 31.7 Å². The van der Waals surface area contributed by atoms with E-state index in [4.69, 9.17) is 21.4 Å². The molecule has 0 bridgehead atoms. The van der Waals surface area contributed by atoms with Gasteiger partial charge < -0.3 is 9.84 Å². The Kier molecular flexibility index (Phi) is 6.67. The summed E-state index contributed by atoms with van der Waals surface area (Å²) in [5.74, 6) is -0.462. The highest BCUT2D eigenvalue weighted by Gasteiger charge is 2.29. The summed E-state index contributed by atoms with van der Waals surface area (Å²) in [6.45, 7) is 0.704. The van der Waals surface area contributed by atoms with Crippen LogP contribution in [0.3, 0.4) is 0 Å². The fourth-order valence-corrected chi connectivity index (χ4v) is 4.88. The van der Waals surface area contributed by atoms with Crippen LogP contribution >= 0.6 is 11.6 Å². The van der Waals surface area contributed by atoms with Crippen LogP contribution in [0.1, 0.15) is 19.3 Å². The van der Waals surface area contributed by atoms with Gasteiger partial charge in [0.2, 0.25) is 10.0 Å². The largest absolute Gasteiger partial charge is 0.495 e. The van der Waals surface area contributed by atoms with E-state index in [1.807, 2.05) is 0 Å². The molecular formula is C16H23ClN2O5S. The minimum Gasteiger partial charge on any atom is -0.495 e. The van der Waals surface area contributed by atoms with Gasteiger partial charge in [0.15, 0.2) is 0 Å². The summed E-state index contributed by atoms with van der Waals surface area (Å²) in [7, 11) is -0.420. The lowest BCUT2D eigenvalue weighted by atomic mass is 10.1. The van der Waals surface area contributed by atoms with Gasteiger partial charge in [-0.25, -0.2) is 8.42 Å². The van der Waals surface area contributed by atoms with E-state index in [1.165, 1.54) is 29.6 Å². The Balaban J connectivity index is 2.13. The van der Waals surface area contributed by atoms with Crippen LogP contribution < -0.4 is 4.74 Å². The molecule has 7 nitrogen and oxygen atoms in total. The second-order valence-corrected chi connectivity index (χ2v) is 8.44. The van der Waals surface area contributed by atoms with E-state index in [9.17, 15) is 13.2 Å². The predicted molar refractivity (Wildman–Crippen MR) is 94.7 cm³/mol. The zero-order valence-electron chi connectivity index (χ0n) is 14.3. The number of methoxy groups -OCH3 is 1. The Hall–Kier alpha value is -1.35. The summed E-state index contributed by atoms with van der Waals surface area (Å²) in [6.07, 6.45) is 2.03. The minimum atomic E-state index is -3.65. The second kappa shape index (κ2) is 8.35. The molecule has 25 heavy (non-hydrogen) atoms. The smallest absolute Gasteiger partial charge is 0.317 e. The maximum atomic E-state index is 12.9. The molecule has 1 aromatic carbocycles. The van der Waals surface area contributed by atoms with Gasteiger partial charge >= 0.3 is 5.97 Å². The van der Waals surface area contributed by atoms with E-state index in [0.717, 1.165) is 6.42 Å². The molecule has 0 radical (unpaired) electrons. The van der Waals surface area contributed by atoms with Crippen LogP contribution in [0, 0.1) is 0 Å². The number of hydrogen-bond donors (Lipinski definition) is 1. The summed E-state index contributed by atoms with van der Waals surface area (Å²) in [4.78, 5) is 12.8. The molecule has 2 rings (SSSR count). The molecule has 0 amide bonds. The SMILES string of the molecule is COc1ccc(S(=O)(=O)N2CCCC(N(C)CC(=O)O)CC2)cc1Cl. The first-order valence-corrected chi connectivity index (χ1v) is 9.83. The normalized spacial score (nSPS) is 19.6. The van der Waals surface area contributed by atoms with E-state index in [1.54, 1.807) is 11.9 Å². The Morgan fingerprint density at radius 2 is 2.12 bits per heavy atom. The number of ether oxygens (including phenoxy) is 1. The summed E-state index contributed by atoms with van der Waals surface area (Å²) >= 11 is 6.05. The first-order valence-electron chi connectivity index (χ1n) is 8.01. The molecule has 1 aromatic rings. The summed E-state index contributed by atoms with van der Waals surface area (Å²) in [6, 6.07) is 4.47. The monoisotopic (exact) mass is 390 g/mol. The lowest BCUT2D eigenvalue weighted by Gasteiger charge is -2.25. The van der Waals surface area contributed by atoms with Crippen molar-refractivity contribution in [1.29, 1.82) is 0 Å². The lowest BCUT2D eigenvalue weighted by molar-refractivity contribution is -0.138. The Bertz CT molecular complexity index is 725. The average Bonchev–Trinajstić information content (AvgIpc) is 2.80. The van der Waals surface area contributed by atoms with E-state index < -0.39 is 16.0 Å². The number of sulfonamides is 1. The van der Waals surface area contributed by atoms with Crippen LogP contribution in [-0.2, 0) is 14.8 Å². The summed E-state index contributed by atoms with van der Waals surface area (Å²) in [5.41, 5.74) is 0. The van der Waals surface area contributed by atoms with Crippen LogP contribution in [-0.4, -0.2) is 68.5 Å². The lowest BCUT2D eigenvalue weighted by Crippen LogP contribution is -2.37. The number of halogens is 1. The van der Waals surface area contributed by atoms with Crippen molar-refractivity contribution in [1.82, 2.24) is 9.21 Å². The van der Waals surface area contributed by atoms with Crippen LogP contribution in [0.2, 0.25) is 5.02 Å². The molecular weight excluding hydrogens is 368 g/mol. The Morgan fingerprint density at radius 3 is 2.72 bits per heavy atom. The third-order valence-electron chi connectivity index (χ3n) is 4.43. The maximum Gasteiger partial charge on any atom is 0.317 e. The van der Waals surface area contributed by atoms with Crippen LogP contribution in [0.5, 0.6) is 5.75 Å². The quantitative estimate of drug-likeness (QED) is 0.798.